The zero-order chi connectivity index (χ0) is 7.54. The van der Waals surface area contributed by atoms with Crippen LogP contribution >= 0.6 is 0 Å². The predicted octanol–water partition coefficient (Wildman–Crippen LogP) is 2.55. The van der Waals surface area contributed by atoms with Crippen molar-refractivity contribution in [3.63, 3.8) is 0 Å². The number of hydrogen-bond donors (Lipinski definition) is 1. The van der Waals surface area contributed by atoms with Crippen LogP contribution in [-0.4, -0.2) is 7.05 Å². The second-order valence-electron chi connectivity index (χ2n) is 1.77. The quantitative estimate of drug-likeness (QED) is 0.537. The second kappa shape index (κ2) is 15.7. The Kier molecular flexibility index (Phi) is 20.4. The highest BCUT2D eigenvalue weighted by Gasteiger charge is 1.95. The molecule has 0 heterocycles. The minimum Gasteiger partial charge on any atom is -0.333 e. The summed E-state index contributed by atoms with van der Waals surface area (Å²) in [7, 11) is 1.50. The van der Waals surface area contributed by atoms with Crippen molar-refractivity contribution >= 4 is 0 Å². The summed E-state index contributed by atoms with van der Waals surface area (Å²) in [6.07, 6.45) is 7.50. The molecule has 1 saturated carbocycles. The minimum atomic E-state index is 1.50. The van der Waals surface area contributed by atoms with E-state index in [-0.39, 0.29) is 0 Å². The van der Waals surface area contributed by atoms with Crippen LogP contribution < -0.4 is 5.73 Å². The summed E-state index contributed by atoms with van der Waals surface area (Å²) < 4.78 is 0. The van der Waals surface area contributed by atoms with E-state index >= 15 is 0 Å². The molecule has 0 aromatic rings. The van der Waals surface area contributed by atoms with Crippen molar-refractivity contribution in [3.05, 3.63) is 0 Å². The minimum absolute atomic E-state index is 1.50. The van der Waals surface area contributed by atoms with Gasteiger partial charge in [-0.2, -0.15) is 0 Å². The molecule has 0 saturated heterocycles. The van der Waals surface area contributed by atoms with Gasteiger partial charge < -0.3 is 5.73 Å². The van der Waals surface area contributed by atoms with E-state index in [0.717, 1.165) is 0 Å². The lowest BCUT2D eigenvalue weighted by Gasteiger charge is -1.67. The van der Waals surface area contributed by atoms with Crippen molar-refractivity contribution in [1.29, 1.82) is 0 Å². The first-order valence-corrected chi connectivity index (χ1v) is 4.08. The molecule has 1 nitrogen and oxygen atoms in total. The molecule has 1 aliphatic carbocycles. The van der Waals surface area contributed by atoms with E-state index in [9.17, 15) is 0 Å². The third-order valence-electron chi connectivity index (χ3n) is 1.25. The molecule has 1 heteroatoms. The van der Waals surface area contributed by atoms with Crippen LogP contribution in [0, 0.1) is 0 Å². The molecule has 1 fully saturated rings. The van der Waals surface area contributed by atoms with E-state index in [1.165, 1.54) is 39.2 Å². The summed E-state index contributed by atoms with van der Waals surface area (Å²) in [5.74, 6) is 0. The summed E-state index contributed by atoms with van der Waals surface area (Å²) in [6.45, 7) is 4.00. The van der Waals surface area contributed by atoms with Crippen LogP contribution in [0.1, 0.15) is 46.0 Å². The summed E-state index contributed by atoms with van der Waals surface area (Å²) in [5.41, 5.74) is 4.50. The monoisotopic (exact) mass is 131 g/mol. The fourth-order valence-corrected chi connectivity index (χ4v) is 0.884. The van der Waals surface area contributed by atoms with Crippen LogP contribution in [-0.2, 0) is 0 Å². The van der Waals surface area contributed by atoms with Gasteiger partial charge in [-0.05, 0) is 7.05 Å². The molecule has 0 spiro atoms. The summed E-state index contributed by atoms with van der Waals surface area (Å²) >= 11 is 0. The summed E-state index contributed by atoms with van der Waals surface area (Å²) in [4.78, 5) is 0. The molecule has 0 aromatic carbocycles. The molecule has 0 aromatic heterocycles. The zero-order valence-corrected chi connectivity index (χ0v) is 7.11. The van der Waals surface area contributed by atoms with Crippen LogP contribution in [0.25, 0.3) is 0 Å². The number of rotatable bonds is 0. The third-order valence-corrected chi connectivity index (χ3v) is 1.25. The van der Waals surface area contributed by atoms with E-state index < -0.39 is 0 Å². The SMILES string of the molecule is C1CCCC1.CC.CN. The molecule has 2 N–H and O–H groups in total. The zero-order valence-electron chi connectivity index (χ0n) is 7.11. The predicted molar refractivity (Wildman–Crippen MR) is 44.5 cm³/mol. The number of hydrogen-bond acceptors (Lipinski definition) is 1. The van der Waals surface area contributed by atoms with Crippen LogP contribution in [0.5, 0.6) is 0 Å². The fourth-order valence-electron chi connectivity index (χ4n) is 0.884. The lowest BCUT2D eigenvalue weighted by atomic mass is 10.4. The molecule has 1 aliphatic rings. The smallest absolute Gasteiger partial charge is 0.0195 e. The standard InChI is InChI=1S/C5H10.C2H6.CH5N/c1-2-4-5-3-1;2*1-2/h1-5H2;1-2H3;2H2,1H3. The second-order valence-corrected chi connectivity index (χ2v) is 1.77. The Labute approximate surface area is 59.6 Å². The Balaban J connectivity index is 0. The van der Waals surface area contributed by atoms with Gasteiger partial charge in [-0.15, -0.1) is 0 Å². The number of nitrogens with two attached hydrogens (primary N) is 1. The van der Waals surface area contributed by atoms with Gasteiger partial charge in [-0.25, -0.2) is 0 Å². The van der Waals surface area contributed by atoms with Crippen LogP contribution in [0.2, 0.25) is 0 Å². The van der Waals surface area contributed by atoms with Gasteiger partial charge in [0.2, 0.25) is 0 Å². The molecule has 0 bridgehead atoms. The first-order valence-electron chi connectivity index (χ1n) is 4.08. The van der Waals surface area contributed by atoms with Crippen molar-refractivity contribution < 1.29 is 0 Å². The van der Waals surface area contributed by atoms with Gasteiger partial charge in [0.05, 0.1) is 0 Å². The molecule has 0 atom stereocenters. The van der Waals surface area contributed by atoms with E-state index in [4.69, 9.17) is 0 Å². The Morgan fingerprint density at radius 1 is 0.667 bits per heavy atom. The maximum Gasteiger partial charge on any atom is -0.0195 e. The fraction of sp³-hybridized carbons (Fsp3) is 1.00. The van der Waals surface area contributed by atoms with Gasteiger partial charge in [-0.3, -0.25) is 0 Å². The Hall–Kier alpha value is -0.0400. The van der Waals surface area contributed by atoms with Crippen molar-refractivity contribution in [2.24, 2.45) is 5.73 Å². The normalized spacial score (nSPS) is 14.7. The van der Waals surface area contributed by atoms with E-state index in [0.29, 0.717) is 0 Å². The van der Waals surface area contributed by atoms with Gasteiger partial charge >= 0.3 is 0 Å². The summed E-state index contributed by atoms with van der Waals surface area (Å²) in [6, 6.07) is 0. The molecule has 58 valence electrons. The van der Waals surface area contributed by atoms with Crippen LogP contribution in [0.4, 0.5) is 0 Å². The Morgan fingerprint density at radius 3 is 0.889 bits per heavy atom. The van der Waals surface area contributed by atoms with E-state index in [1.807, 2.05) is 13.8 Å². The largest absolute Gasteiger partial charge is 0.333 e. The van der Waals surface area contributed by atoms with Crippen molar-refractivity contribution in [2.75, 3.05) is 7.05 Å². The van der Waals surface area contributed by atoms with Gasteiger partial charge in [0.25, 0.3) is 0 Å². The highest BCUT2D eigenvalue weighted by Crippen LogP contribution is 2.15. The highest BCUT2D eigenvalue weighted by molar-refractivity contribution is 4.51. The molecule has 0 amide bonds. The Bertz CT molecular complexity index is 16.1. The van der Waals surface area contributed by atoms with Crippen molar-refractivity contribution in [3.8, 4) is 0 Å². The topological polar surface area (TPSA) is 26.0 Å². The Morgan fingerprint density at radius 2 is 0.778 bits per heavy atom. The van der Waals surface area contributed by atoms with Gasteiger partial charge in [-0.1, -0.05) is 46.0 Å². The van der Waals surface area contributed by atoms with Gasteiger partial charge in [0.1, 0.15) is 0 Å². The average Bonchev–Trinajstić information content (AvgIpc) is 2.51. The lowest BCUT2D eigenvalue weighted by molar-refractivity contribution is 0.886. The third kappa shape index (κ3) is 11.5. The molecular weight excluding hydrogens is 110 g/mol. The molecule has 9 heavy (non-hydrogen) atoms. The van der Waals surface area contributed by atoms with Crippen molar-refractivity contribution in [2.45, 2.75) is 46.0 Å². The molecule has 0 radical (unpaired) electrons. The lowest BCUT2D eigenvalue weighted by Crippen LogP contribution is -1.69. The van der Waals surface area contributed by atoms with E-state index in [1.54, 1.807) is 0 Å². The molecule has 0 unspecified atom stereocenters. The highest BCUT2D eigenvalue weighted by atomic mass is 14.4. The van der Waals surface area contributed by atoms with Crippen LogP contribution in [0.15, 0.2) is 0 Å². The maximum absolute atomic E-state index is 4.50. The van der Waals surface area contributed by atoms with Crippen molar-refractivity contribution in [1.82, 2.24) is 0 Å². The molecule has 0 aliphatic heterocycles. The maximum atomic E-state index is 4.50. The first-order chi connectivity index (χ1) is 4.50. The van der Waals surface area contributed by atoms with E-state index in [2.05, 4.69) is 5.73 Å². The summed E-state index contributed by atoms with van der Waals surface area (Å²) in [5, 5.41) is 0. The first kappa shape index (κ1) is 11.7. The van der Waals surface area contributed by atoms with Gasteiger partial charge in [0.15, 0.2) is 0 Å². The molecular formula is C8H21N. The average molecular weight is 131 g/mol. The van der Waals surface area contributed by atoms with Gasteiger partial charge in [0, 0.05) is 0 Å². The van der Waals surface area contributed by atoms with Crippen LogP contribution in [0.3, 0.4) is 0 Å². The molecule has 1 rings (SSSR count).